The van der Waals surface area contributed by atoms with Crippen molar-refractivity contribution in [3.8, 4) is 56.8 Å². The van der Waals surface area contributed by atoms with Crippen molar-refractivity contribution in [2.24, 2.45) is 0 Å². The number of phenolic OH excluding ortho intramolecular Hbond substituents is 2. The summed E-state index contributed by atoms with van der Waals surface area (Å²) >= 11 is 12.0. The molecular formula is C44H42Cl2N8O4. The molecule has 0 spiro atoms. The van der Waals surface area contributed by atoms with E-state index in [1.54, 1.807) is 78.9 Å². The van der Waals surface area contributed by atoms with Crippen molar-refractivity contribution in [1.82, 2.24) is 29.1 Å². The third-order valence-corrected chi connectivity index (χ3v) is 9.73. The number of rotatable bonds is 6. The largest absolute Gasteiger partial charge is 0.507 e. The molecule has 0 bridgehead atoms. The molecule has 12 nitrogen and oxygen atoms in total. The van der Waals surface area contributed by atoms with Crippen LogP contribution < -0.4 is 20.9 Å². The number of benzene rings is 4. The zero-order valence-electron chi connectivity index (χ0n) is 32.7. The van der Waals surface area contributed by atoms with Gasteiger partial charge in [0, 0.05) is 56.3 Å². The highest BCUT2D eigenvalue weighted by Gasteiger charge is 2.24. The monoisotopic (exact) mass is 816 g/mol. The molecule has 0 aliphatic carbocycles. The summed E-state index contributed by atoms with van der Waals surface area (Å²) in [5, 5.41) is 23.9. The predicted molar refractivity (Wildman–Crippen MR) is 231 cm³/mol. The second-order valence-corrected chi connectivity index (χ2v) is 16.4. The van der Waals surface area contributed by atoms with Crippen LogP contribution >= 0.6 is 23.2 Å². The Bertz CT molecular complexity index is 2800. The minimum Gasteiger partial charge on any atom is -0.507 e. The van der Waals surface area contributed by atoms with Gasteiger partial charge < -0.3 is 40.3 Å². The van der Waals surface area contributed by atoms with Gasteiger partial charge in [0.1, 0.15) is 58.6 Å². The summed E-state index contributed by atoms with van der Waals surface area (Å²) < 4.78 is 15.7. The molecule has 4 aromatic heterocycles. The van der Waals surface area contributed by atoms with Crippen molar-refractivity contribution >= 4 is 56.9 Å². The van der Waals surface area contributed by atoms with Crippen LogP contribution in [-0.4, -0.2) is 39.3 Å². The number of aromatic nitrogens is 6. The van der Waals surface area contributed by atoms with Gasteiger partial charge >= 0.3 is 0 Å². The summed E-state index contributed by atoms with van der Waals surface area (Å²) in [6.07, 6.45) is 6.85. The molecule has 8 aromatic rings. The first-order chi connectivity index (χ1) is 27.5. The Morgan fingerprint density at radius 2 is 1.07 bits per heavy atom. The number of ether oxygens (including phenoxy) is 2. The molecule has 8 rings (SSSR count). The maximum absolute atomic E-state index is 10.7. The van der Waals surface area contributed by atoms with Gasteiger partial charge in [-0.3, -0.25) is 0 Å². The zero-order chi connectivity index (χ0) is 41.5. The first-order valence-electron chi connectivity index (χ1n) is 18.3. The molecule has 0 fully saturated rings. The Morgan fingerprint density at radius 3 is 1.59 bits per heavy atom. The van der Waals surface area contributed by atoms with Crippen molar-refractivity contribution in [3.63, 3.8) is 0 Å². The number of nitrogen functional groups attached to an aromatic ring is 2. The van der Waals surface area contributed by atoms with Crippen molar-refractivity contribution < 1.29 is 19.7 Å². The summed E-state index contributed by atoms with van der Waals surface area (Å²) in [6, 6.07) is 24.5. The minimum atomic E-state index is -0.220. The fourth-order valence-electron chi connectivity index (χ4n) is 6.51. The molecule has 0 atom stereocenters. The van der Waals surface area contributed by atoms with Crippen LogP contribution in [-0.2, 0) is 11.1 Å². The van der Waals surface area contributed by atoms with E-state index in [4.69, 9.17) is 44.1 Å². The van der Waals surface area contributed by atoms with Crippen molar-refractivity contribution in [2.75, 3.05) is 11.5 Å². The molecule has 6 N–H and O–H groups in total. The lowest BCUT2D eigenvalue weighted by atomic mass is 10.0. The standard InChI is InChI=1S/2C22H21ClN4O2/c1-22(2,3)27-11-16(19-20(24)25-12-26-21(19)27)13-7-8-18(17(28)9-13)29-15-6-4-5-14(23)10-15;1-22(2,3)27-11-17(19-20(24)25-12-26-21(19)27)16-8-7-15(10-18(16)28)29-14-6-4-5-13(23)9-14/h2*4-12,28H,1-3H3,(H2,24,25,26). The molecule has 0 saturated carbocycles. The van der Waals surface area contributed by atoms with Crippen LogP contribution in [0, 0.1) is 0 Å². The van der Waals surface area contributed by atoms with Gasteiger partial charge in [-0.05, 0) is 108 Å². The first-order valence-corrected chi connectivity index (χ1v) is 19.0. The first kappa shape index (κ1) is 39.7. The lowest BCUT2D eigenvalue weighted by Crippen LogP contribution is -2.21. The maximum atomic E-state index is 10.7. The van der Waals surface area contributed by atoms with Gasteiger partial charge in [-0.1, -0.05) is 41.4 Å². The number of nitrogens with two attached hydrogens (primary N) is 2. The second-order valence-electron chi connectivity index (χ2n) is 15.6. The third-order valence-electron chi connectivity index (χ3n) is 9.26. The summed E-state index contributed by atoms with van der Waals surface area (Å²) in [7, 11) is 0. The summed E-state index contributed by atoms with van der Waals surface area (Å²) in [6.45, 7) is 12.5. The van der Waals surface area contributed by atoms with Crippen molar-refractivity contribution in [2.45, 2.75) is 52.6 Å². The number of hydrogen-bond acceptors (Lipinski definition) is 10. The Morgan fingerprint density at radius 1 is 0.552 bits per heavy atom. The van der Waals surface area contributed by atoms with Gasteiger partial charge in [-0.15, -0.1) is 0 Å². The Labute approximate surface area is 345 Å². The second kappa shape index (κ2) is 15.4. The Hall–Kier alpha value is -6.50. The summed E-state index contributed by atoms with van der Waals surface area (Å²) in [5.74, 6) is 2.81. The van der Waals surface area contributed by atoms with Gasteiger partial charge in [-0.2, -0.15) is 0 Å². The van der Waals surface area contributed by atoms with E-state index in [0.717, 1.165) is 33.4 Å². The smallest absolute Gasteiger partial charge is 0.169 e. The highest BCUT2D eigenvalue weighted by atomic mass is 35.5. The lowest BCUT2D eigenvalue weighted by Gasteiger charge is -2.21. The highest BCUT2D eigenvalue weighted by molar-refractivity contribution is 6.31. The summed E-state index contributed by atoms with van der Waals surface area (Å²) in [5.41, 5.74) is 16.4. The molecule has 4 aromatic carbocycles. The van der Waals surface area contributed by atoms with Crippen molar-refractivity contribution in [1.29, 1.82) is 0 Å². The van der Waals surface area contributed by atoms with E-state index in [-0.39, 0.29) is 22.6 Å². The Balaban J connectivity index is 0.000000177. The topological polar surface area (TPSA) is 172 Å². The molecule has 0 saturated heterocycles. The van der Waals surface area contributed by atoms with Crippen LogP contribution in [0.5, 0.6) is 34.5 Å². The van der Waals surface area contributed by atoms with E-state index >= 15 is 0 Å². The average molecular weight is 818 g/mol. The number of nitrogens with zero attached hydrogens (tertiary/aromatic N) is 6. The number of halogens is 2. The fraction of sp³-hybridized carbons (Fsp3) is 0.182. The minimum absolute atomic E-state index is 0.00885. The fourth-order valence-corrected chi connectivity index (χ4v) is 6.87. The van der Waals surface area contributed by atoms with Crippen LogP contribution in [0.3, 0.4) is 0 Å². The average Bonchev–Trinajstić information content (AvgIpc) is 3.75. The normalized spacial score (nSPS) is 11.7. The highest BCUT2D eigenvalue weighted by Crippen LogP contribution is 2.42. The number of fused-ring (bicyclic) bond motifs is 2. The number of anilines is 2. The quantitative estimate of drug-likeness (QED) is 0.126. The molecule has 0 aliphatic heterocycles. The maximum Gasteiger partial charge on any atom is 0.169 e. The number of aromatic hydroxyl groups is 2. The van der Waals surface area contributed by atoms with E-state index < -0.39 is 0 Å². The van der Waals surface area contributed by atoms with Crippen LogP contribution in [0.4, 0.5) is 11.6 Å². The third kappa shape index (κ3) is 8.15. The molecule has 14 heteroatoms. The SMILES string of the molecule is CC(C)(C)n1cc(-c2ccc(Oc3cccc(Cl)c3)c(O)c2)c2c(N)ncnc21.CC(C)(C)n1cc(-c2ccc(Oc3cccc(Cl)c3)cc2O)c2c(N)ncnc21. The molecule has 296 valence electrons. The van der Waals surface area contributed by atoms with Crippen LogP contribution in [0.25, 0.3) is 44.3 Å². The Kier molecular flexibility index (Phi) is 10.6. The van der Waals surface area contributed by atoms with E-state index in [1.165, 1.54) is 12.7 Å². The molecule has 0 amide bonds. The van der Waals surface area contributed by atoms with Crippen LogP contribution in [0.1, 0.15) is 41.5 Å². The molecule has 4 heterocycles. The molecule has 0 unspecified atom stereocenters. The van der Waals surface area contributed by atoms with E-state index in [9.17, 15) is 10.2 Å². The van der Waals surface area contributed by atoms with E-state index in [0.29, 0.717) is 55.6 Å². The van der Waals surface area contributed by atoms with Crippen molar-refractivity contribution in [3.05, 3.63) is 120 Å². The predicted octanol–water partition coefficient (Wildman–Crippen LogP) is 11.2. The molecular weight excluding hydrogens is 775 g/mol. The van der Waals surface area contributed by atoms with Gasteiger partial charge in [0.2, 0.25) is 0 Å². The van der Waals surface area contributed by atoms with Gasteiger partial charge in [0.25, 0.3) is 0 Å². The van der Waals surface area contributed by atoms with E-state index in [2.05, 4.69) is 66.0 Å². The zero-order valence-corrected chi connectivity index (χ0v) is 34.2. The van der Waals surface area contributed by atoms with Crippen LogP contribution in [0.2, 0.25) is 10.0 Å². The molecule has 0 radical (unpaired) electrons. The number of hydrogen-bond donors (Lipinski definition) is 4. The molecule has 0 aliphatic rings. The summed E-state index contributed by atoms with van der Waals surface area (Å²) in [4.78, 5) is 17.1. The van der Waals surface area contributed by atoms with E-state index in [1.807, 2.05) is 23.0 Å². The van der Waals surface area contributed by atoms with Gasteiger partial charge in [0.05, 0.1) is 10.8 Å². The number of phenols is 2. The molecule has 58 heavy (non-hydrogen) atoms. The van der Waals surface area contributed by atoms with Crippen LogP contribution in [0.15, 0.2) is 110 Å². The van der Waals surface area contributed by atoms with Gasteiger partial charge in [-0.25, -0.2) is 19.9 Å². The lowest BCUT2D eigenvalue weighted by molar-refractivity contribution is 0.408. The van der Waals surface area contributed by atoms with Gasteiger partial charge in [0.15, 0.2) is 11.5 Å².